The van der Waals surface area contributed by atoms with E-state index in [0.717, 1.165) is 12.2 Å². The minimum Gasteiger partial charge on any atom is -0.350 e. The molecular weight excluding hydrogens is 284 g/mol. The van der Waals surface area contributed by atoms with Crippen LogP contribution in [0.15, 0.2) is 18.7 Å². The Bertz CT molecular complexity index is 540. The van der Waals surface area contributed by atoms with E-state index in [9.17, 15) is 0 Å². The van der Waals surface area contributed by atoms with Gasteiger partial charge >= 0.3 is 0 Å². The monoisotopic (exact) mass is 296 g/mol. The van der Waals surface area contributed by atoms with Crippen molar-refractivity contribution in [2.24, 2.45) is 0 Å². The summed E-state index contributed by atoms with van der Waals surface area (Å²) in [7, 11) is 0. The maximum Gasteiger partial charge on any atom is 0.241 e. The molecule has 0 radical (unpaired) electrons. The Morgan fingerprint density at radius 3 is 3.05 bits per heavy atom. The summed E-state index contributed by atoms with van der Waals surface area (Å²) in [5.41, 5.74) is 0. The zero-order valence-corrected chi connectivity index (χ0v) is 11.7. The van der Waals surface area contributed by atoms with Gasteiger partial charge < -0.3 is 5.32 Å². The van der Waals surface area contributed by atoms with Crippen molar-refractivity contribution in [1.29, 1.82) is 0 Å². The molecule has 1 N–H and O–H groups in total. The van der Waals surface area contributed by atoms with Crippen LogP contribution in [0.4, 0.5) is 5.95 Å². The molecule has 1 atom stereocenters. The fourth-order valence-electron chi connectivity index (χ4n) is 1.93. The number of thioether (sulfide) groups is 1. The maximum atomic E-state index is 5.94. The van der Waals surface area contributed by atoms with E-state index in [1.54, 1.807) is 23.3 Å². The highest BCUT2D eigenvalue weighted by Crippen LogP contribution is 2.20. The minimum absolute atomic E-state index is 0.185. The molecule has 1 aliphatic heterocycles. The summed E-state index contributed by atoms with van der Waals surface area (Å²) in [6.45, 7) is 0. The number of aromatic nitrogens is 5. The van der Waals surface area contributed by atoms with Crippen LogP contribution in [0.25, 0.3) is 5.95 Å². The molecule has 0 saturated carbocycles. The Morgan fingerprint density at radius 2 is 2.32 bits per heavy atom. The summed E-state index contributed by atoms with van der Waals surface area (Å²) in [6.07, 6.45) is 7.42. The van der Waals surface area contributed by atoms with Gasteiger partial charge in [0.05, 0.1) is 0 Å². The van der Waals surface area contributed by atoms with Gasteiger partial charge in [-0.25, -0.2) is 4.98 Å². The van der Waals surface area contributed by atoms with E-state index in [2.05, 4.69) is 25.3 Å². The third kappa shape index (κ3) is 3.16. The molecule has 1 unspecified atom stereocenters. The van der Waals surface area contributed by atoms with E-state index in [4.69, 9.17) is 11.6 Å². The molecule has 1 saturated heterocycles. The van der Waals surface area contributed by atoms with E-state index in [-0.39, 0.29) is 5.28 Å². The van der Waals surface area contributed by atoms with Crippen LogP contribution in [0.5, 0.6) is 0 Å². The van der Waals surface area contributed by atoms with Crippen LogP contribution in [0.1, 0.15) is 12.8 Å². The Kier molecular flexibility index (Phi) is 3.84. The maximum absolute atomic E-state index is 5.94. The van der Waals surface area contributed by atoms with Crippen molar-refractivity contribution >= 4 is 29.3 Å². The molecule has 0 aliphatic carbocycles. The number of imidazole rings is 1. The minimum atomic E-state index is 0.185. The molecule has 1 aliphatic rings. The van der Waals surface area contributed by atoms with Crippen LogP contribution in [0.2, 0.25) is 5.28 Å². The van der Waals surface area contributed by atoms with Gasteiger partial charge in [0, 0.05) is 24.2 Å². The molecule has 3 rings (SSSR count). The molecule has 1 fully saturated rings. The summed E-state index contributed by atoms with van der Waals surface area (Å²) in [5.74, 6) is 3.31. The van der Waals surface area contributed by atoms with Gasteiger partial charge in [-0.3, -0.25) is 4.57 Å². The second kappa shape index (κ2) is 5.75. The van der Waals surface area contributed by atoms with Gasteiger partial charge in [0.2, 0.25) is 17.2 Å². The summed E-state index contributed by atoms with van der Waals surface area (Å²) >= 11 is 7.89. The lowest BCUT2D eigenvalue weighted by Gasteiger charge is -2.22. The van der Waals surface area contributed by atoms with Crippen molar-refractivity contribution in [3.8, 4) is 5.95 Å². The van der Waals surface area contributed by atoms with Crippen molar-refractivity contribution in [2.75, 3.05) is 16.8 Å². The summed E-state index contributed by atoms with van der Waals surface area (Å²) in [5, 5.41) is 3.51. The number of nitrogens with zero attached hydrogens (tertiary/aromatic N) is 5. The molecule has 100 valence electrons. The third-order valence-electron chi connectivity index (χ3n) is 2.83. The lowest BCUT2D eigenvalue weighted by molar-refractivity contribution is 0.677. The number of hydrogen-bond donors (Lipinski definition) is 1. The van der Waals surface area contributed by atoms with Crippen molar-refractivity contribution in [3.05, 3.63) is 24.0 Å². The smallest absolute Gasteiger partial charge is 0.241 e. The average Bonchev–Trinajstić information content (AvgIpc) is 2.93. The van der Waals surface area contributed by atoms with Crippen molar-refractivity contribution in [2.45, 2.75) is 18.9 Å². The van der Waals surface area contributed by atoms with Crippen LogP contribution in [-0.4, -0.2) is 42.1 Å². The molecule has 3 heterocycles. The standard InChI is InChI=1S/C11H13ClN6S/c12-9-15-10(14-8-2-1-5-19-6-8)17-11(16-9)18-4-3-13-7-18/h3-4,7-8H,1-2,5-6H2,(H,14,15,16,17). The highest BCUT2D eigenvalue weighted by atomic mass is 35.5. The molecule has 0 bridgehead atoms. The number of nitrogens with one attached hydrogen (secondary N) is 1. The molecule has 2 aromatic rings. The first-order chi connectivity index (χ1) is 9.31. The van der Waals surface area contributed by atoms with Gasteiger partial charge in [0.25, 0.3) is 0 Å². The van der Waals surface area contributed by atoms with Crippen molar-refractivity contribution in [1.82, 2.24) is 24.5 Å². The molecular formula is C11H13ClN6S. The Balaban J connectivity index is 1.81. The number of anilines is 1. The van der Waals surface area contributed by atoms with E-state index in [0.29, 0.717) is 17.9 Å². The molecule has 0 amide bonds. The van der Waals surface area contributed by atoms with E-state index >= 15 is 0 Å². The molecule has 0 aromatic carbocycles. The number of halogens is 1. The second-order valence-corrected chi connectivity index (χ2v) is 5.74. The van der Waals surface area contributed by atoms with Crippen LogP contribution in [0.3, 0.4) is 0 Å². The molecule has 8 heteroatoms. The highest BCUT2D eigenvalue weighted by Gasteiger charge is 2.15. The Hall–Kier alpha value is -1.34. The van der Waals surface area contributed by atoms with Gasteiger partial charge in [0.15, 0.2) is 0 Å². The molecule has 19 heavy (non-hydrogen) atoms. The number of hydrogen-bond acceptors (Lipinski definition) is 6. The van der Waals surface area contributed by atoms with E-state index in [1.165, 1.54) is 12.2 Å². The SMILES string of the molecule is Clc1nc(NC2CCCSC2)nc(-n2ccnc2)n1. The first kappa shape index (κ1) is 12.7. The van der Waals surface area contributed by atoms with Gasteiger partial charge in [-0.2, -0.15) is 26.7 Å². The van der Waals surface area contributed by atoms with Gasteiger partial charge in [-0.05, 0) is 30.2 Å². The summed E-state index contributed by atoms with van der Waals surface area (Å²) in [6, 6.07) is 0.396. The first-order valence-corrected chi connectivity index (χ1v) is 7.59. The Morgan fingerprint density at radius 1 is 1.37 bits per heavy atom. The van der Waals surface area contributed by atoms with Gasteiger partial charge in [0.1, 0.15) is 6.33 Å². The van der Waals surface area contributed by atoms with Crippen LogP contribution in [-0.2, 0) is 0 Å². The topological polar surface area (TPSA) is 68.5 Å². The van der Waals surface area contributed by atoms with Gasteiger partial charge in [-0.1, -0.05) is 0 Å². The van der Waals surface area contributed by atoms with E-state index in [1.807, 2.05) is 11.8 Å². The quantitative estimate of drug-likeness (QED) is 0.934. The predicted octanol–water partition coefficient (Wildman–Crippen LogP) is 2.02. The third-order valence-corrected chi connectivity index (χ3v) is 4.21. The lowest BCUT2D eigenvalue weighted by Crippen LogP contribution is -2.27. The van der Waals surface area contributed by atoms with Crippen molar-refractivity contribution < 1.29 is 0 Å². The zero-order valence-electron chi connectivity index (χ0n) is 10.2. The highest BCUT2D eigenvalue weighted by molar-refractivity contribution is 7.99. The van der Waals surface area contributed by atoms with Crippen LogP contribution >= 0.6 is 23.4 Å². The molecule has 6 nitrogen and oxygen atoms in total. The van der Waals surface area contributed by atoms with E-state index < -0.39 is 0 Å². The molecule has 2 aromatic heterocycles. The second-order valence-electron chi connectivity index (χ2n) is 4.26. The lowest BCUT2D eigenvalue weighted by atomic mass is 10.2. The largest absolute Gasteiger partial charge is 0.350 e. The summed E-state index contributed by atoms with van der Waals surface area (Å²) in [4.78, 5) is 16.6. The fraction of sp³-hybridized carbons (Fsp3) is 0.455. The zero-order chi connectivity index (χ0) is 13.1. The predicted molar refractivity (Wildman–Crippen MR) is 75.9 cm³/mol. The normalized spacial score (nSPS) is 19.3. The Labute approximate surface area is 120 Å². The van der Waals surface area contributed by atoms with Crippen LogP contribution in [0, 0.1) is 0 Å². The number of rotatable bonds is 3. The van der Waals surface area contributed by atoms with Crippen LogP contribution < -0.4 is 5.32 Å². The fourth-order valence-corrected chi connectivity index (χ4v) is 3.16. The molecule has 0 spiro atoms. The summed E-state index contributed by atoms with van der Waals surface area (Å²) < 4.78 is 1.70. The van der Waals surface area contributed by atoms with Crippen molar-refractivity contribution in [3.63, 3.8) is 0 Å². The van der Waals surface area contributed by atoms with Gasteiger partial charge in [-0.15, -0.1) is 0 Å². The average molecular weight is 297 g/mol. The first-order valence-electron chi connectivity index (χ1n) is 6.05.